The predicted octanol–water partition coefficient (Wildman–Crippen LogP) is 3.56. The highest BCUT2D eigenvalue weighted by Gasteiger charge is 2.22. The summed E-state index contributed by atoms with van der Waals surface area (Å²) in [5.74, 6) is -0.764. The van der Waals surface area contributed by atoms with Crippen molar-refractivity contribution in [3.8, 4) is 0 Å². The highest BCUT2D eigenvalue weighted by atomic mass is 16.6. The van der Waals surface area contributed by atoms with E-state index in [4.69, 9.17) is 5.11 Å². The number of nitro benzene ring substituents is 1. The van der Waals surface area contributed by atoms with Gasteiger partial charge >= 0.3 is 5.97 Å². The second-order valence-corrected chi connectivity index (χ2v) is 4.98. The van der Waals surface area contributed by atoms with Gasteiger partial charge in [-0.25, -0.2) is 4.79 Å². The second kappa shape index (κ2) is 7.61. The van der Waals surface area contributed by atoms with Crippen molar-refractivity contribution in [2.75, 3.05) is 18.0 Å². The molecule has 0 radical (unpaired) electrons. The first-order valence-electron chi connectivity index (χ1n) is 7.21. The lowest BCUT2D eigenvalue weighted by Crippen LogP contribution is -2.29. The fourth-order valence-electron chi connectivity index (χ4n) is 2.32. The first-order chi connectivity index (χ1) is 9.94. The van der Waals surface area contributed by atoms with Gasteiger partial charge in [-0.15, -0.1) is 0 Å². The minimum atomic E-state index is -1.28. The third kappa shape index (κ3) is 4.18. The Morgan fingerprint density at radius 2 is 1.95 bits per heavy atom. The number of nitro groups is 1. The van der Waals surface area contributed by atoms with Crippen molar-refractivity contribution in [3.63, 3.8) is 0 Å². The largest absolute Gasteiger partial charge is 0.477 e. The number of anilines is 1. The summed E-state index contributed by atoms with van der Waals surface area (Å²) in [6, 6.07) is 4.31. The van der Waals surface area contributed by atoms with Crippen molar-refractivity contribution < 1.29 is 14.8 Å². The van der Waals surface area contributed by atoms with E-state index in [9.17, 15) is 14.9 Å². The number of carboxylic acid groups (broad SMARTS) is 1. The summed E-state index contributed by atoms with van der Waals surface area (Å²) < 4.78 is 0. The summed E-state index contributed by atoms with van der Waals surface area (Å²) in [6.45, 7) is 7.77. The molecule has 0 amide bonds. The number of aromatic carboxylic acids is 1. The molecule has 116 valence electrons. The Morgan fingerprint density at radius 1 is 1.33 bits per heavy atom. The zero-order valence-corrected chi connectivity index (χ0v) is 12.7. The molecule has 0 atom stereocenters. The number of benzene rings is 1. The van der Waals surface area contributed by atoms with Gasteiger partial charge in [0.25, 0.3) is 5.69 Å². The Balaban J connectivity index is 3.13. The number of hydrogen-bond donors (Lipinski definition) is 1. The molecule has 0 spiro atoms. The molecule has 6 heteroatoms. The van der Waals surface area contributed by atoms with Crippen LogP contribution < -0.4 is 4.90 Å². The maximum Gasteiger partial charge on any atom is 0.342 e. The van der Waals surface area contributed by atoms with Crippen LogP contribution in [-0.4, -0.2) is 29.1 Å². The van der Waals surface area contributed by atoms with Gasteiger partial charge in [-0.1, -0.05) is 26.7 Å². The lowest BCUT2D eigenvalue weighted by Gasteiger charge is -2.27. The summed E-state index contributed by atoms with van der Waals surface area (Å²) in [6.07, 6.45) is 2.09. The Hall–Kier alpha value is -2.11. The van der Waals surface area contributed by atoms with Gasteiger partial charge in [0.2, 0.25) is 0 Å². The Kier molecular flexibility index (Phi) is 6.14. The maximum absolute atomic E-state index is 11.0. The molecule has 1 N–H and O–H groups in total. The number of hydrogen-bond acceptors (Lipinski definition) is 4. The van der Waals surface area contributed by atoms with Gasteiger partial charge in [0.1, 0.15) is 5.56 Å². The van der Waals surface area contributed by atoms with Gasteiger partial charge in [0.05, 0.1) is 4.92 Å². The quantitative estimate of drug-likeness (QED) is 0.585. The van der Waals surface area contributed by atoms with E-state index in [1.807, 2.05) is 6.92 Å². The van der Waals surface area contributed by atoms with E-state index in [-0.39, 0.29) is 11.3 Å². The van der Waals surface area contributed by atoms with E-state index in [1.165, 1.54) is 12.1 Å². The zero-order chi connectivity index (χ0) is 16.0. The fourth-order valence-corrected chi connectivity index (χ4v) is 2.32. The molecule has 0 aliphatic carbocycles. The van der Waals surface area contributed by atoms with Crippen LogP contribution in [0.3, 0.4) is 0 Å². The van der Waals surface area contributed by atoms with Crippen molar-refractivity contribution in [2.45, 2.75) is 33.6 Å². The van der Waals surface area contributed by atoms with Crippen LogP contribution >= 0.6 is 0 Å². The zero-order valence-electron chi connectivity index (χ0n) is 12.7. The summed E-state index contributed by atoms with van der Waals surface area (Å²) in [7, 11) is 0. The van der Waals surface area contributed by atoms with Crippen molar-refractivity contribution in [3.05, 3.63) is 33.9 Å². The highest BCUT2D eigenvalue weighted by molar-refractivity contribution is 5.93. The molecule has 6 nitrogen and oxygen atoms in total. The van der Waals surface area contributed by atoms with Crippen LogP contribution in [0.4, 0.5) is 11.4 Å². The monoisotopic (exact) mass is 294 g/mol. The highest BCUT2D eigenvalue weighted by Crippen LogP contribution is 2.27. The summed E-state index contributed by atoms with van der Waals surface area (Å²) >= 11 is 0. The molecule has 0 fully saturated rings. The maximum atomic E-state index is 11.0. The molecule has 0 aliphatic heterocycles. The average Bonchev–Trinajstić information content (AvgIpc) is 2.48. The van der Waals surface area contributed by atoms with Crippen LogP contribution in [0.25, 0.3) is 0 Å². The predicted molar refractivity (Wildman–Crippen MR) is 82.0 cm³/mol. The van der Waals surface area contributed by atoms with Gasteiger partial charge in [0.15, 0.2) is 0 Å². The molecule has 1 aromatic carbocycles. The normalized spacial score (nSPS) is 10.7. The van der Waals surface area contributed by atoms with E-state index in [2.05, 4.69) is 18.7 Å². The molecule has 0 saturated heterocycles. The van der Waals surface area contributed by atoms with Gasteiger partial charge in [0, 0.05) is 24.8 Å². The number of rotatable bonds is 8. The standard InChI is InChI=1S/C15H22N2O4/c1-4-11(5-2)10-16(6-3)12-7-8-13(15(18)19)14(9-12)17(20)21/h7-9,11H,4-6,10H2,1-3H3,(H,18,19). The lowest BCUT2D eigenvalue weighted by atomic mass is 10.0. The first kappa shape index (κ1) is 16.9. The van der Waals surface area contributed by atoms with Gasteiger partial charge in [-0.05, 0) is 25.0 Å². The molecule has 0 heterocycles. The van der Waals surface area contributed by atoms with Crippen LogP contribution in [0.15, 0.2) is 18.2 Å². The topological polar surface area (TPSA) is 83.7 Å². The third-order valence-corrected chi connectivity index (χ3v) is 3.79. The number of carbonyl (C=O) groups is 1. The van der Waals surface area contributed by atoms with E-state index < -0.39 is 10.9 Å². The summed E-state index contributed by atoms with van der Waals surface area (Å²) in [5, 5.41) is 20.1. The molecule has 1 aromatic rings. The van der Waals surface area contributed by atoms with Crippen molar-refractivity contribution in [1.82, 2.24) is 0 Å². The van der Waals surface area contributed by atoms with Crippen LogP contribution in [0, 0.1) is 16.0 Å². The van der Waals surface area contributed by atoms with Gasteiger partial charge in [-0.2, -0.15) is 0 Å². The van der Waals surface area contributed by atoms with E-state index in [1.54, 1.807) is 6.07 Å². The van der Waals surface area contributed by atoms with E-state index in [0.717, 1.165) is 25.9 Å². The number of carboxylic acids is 1. The summed E-state index contributed by atoms with van der Waals surface area (Å²) in [4.78, 5) is 23.5. The molecule has 21 heavy (non-hydrogen) atoms. The second-order valence-electron chi connectivity index (χ2n) is 4.98. The van der Waals surface area contributed by atoms with E-state index >= 15 is 0 Å². The van der Waals surface area contributed by atoms with Crippen molar-refractivity contribution in [2.24, 2.45) is 5.92 Å². The van der Waals surface area contributed by atoms with Gasteiger partial charge in [-0.3, -0.25) is 10.1 Å². The Bertz CT molecular complexity index is 512. The molecular formula is C15H22N2O4. The molecule has 0 aromatic heterocycles. The SMILES string of the molecule is CCC(CC)CN(CC)c1ccc(C(=O)O)c([N+](=O)[O-])c1. The van der Waals surface area contributed by atoms with Crippen molar-refractivity contribution >= 4 is 17.3 Å². The summed E-state index contributed by atoms with van der Waals surface area (Å²) in [5.41, 5.74) is 0.0615. The fraction of sp³-hybridized carbons (Fsp3) is 0.533. The molecule has 0 saturated carbocycles. The van der Waals surface area contributed by atoms with Crippen LogP contribution in [0.5, 0.6) is 0 Å². The lowest BCUT2D eigenvalue weighted by molar-refractivity contribution is -0.385. The van der Waals surface area contributed by atoms with Crippen LogP contribution in [0.1, 0.15) is 44.0 Å². The molecular weight excluding hydrogens is 272 g/mol. The molecule has 0 aliphatic rings. The van der Waals surface area contributed by atoms with Crippen LogP contribution in [-0.2, 0) is 0 Å². The van der Waals surface area contributed by atoms with Crippen LogP contribution in [0.2, 0.25) is 0 Å². The third-order valence-electron chi connectivity index (χ3n) is 3.79. The molecule has 0 unspecified atom stereocenters. The van der Waals surface area contributed by atoms with Crippen molar-refractivity contribution in [1.29, 1.82) is 0 Å². The Labute approximate surface area is 124 Å². The smallest absolute Gasteiger partial charge is 0.342 e. The molecule has 1 rings (SSSR count). The minimum Gasteiger partial charge on any atom is -0.477 e. The first-order valence-corrected chi connectivity index (χ1v) is 7.21. The van der Waals surface area contributed by atoms with E-state index in [0.29, 0.717) is 11.6 Å². The minimum absolute atomic E-state index is 0.276. The number of nitrogens with zero attached hydrogens (tertiary/aromatic N) is 2. The Morgan fingerprint density at radius 3 is 2.38 bits per heavy atom. The average molecular weight is 294 g/mol. The van der Waals surface area contributed by atoms with Gasteiger partial charge < -0.3 is 10.0 Å². The molecule has 0 bridgehead atoms.